The van der Waals surface area contributed by atoms with E-state index < -0.39 is 23.6 Å². The number of para-hydroxylation sites is 1. The van der Waals surface area contributed by atoms with Crippen LogP contribution in [-0.4, -0.2) is 17.8 Å². The van der Waals surface area contributed by atoms with Crippen molar-refractivity contribution in [2.75, 3.05) is 5.43 Å². The first kappa shape index (κ1) is 19.6. The molecule has 8 N–H and O–H groups in total. The molecule has 1 amide bonds. The van der Waals surface area contributed by atoms with Crippen LogP contribution in [0, 0.1) is 0 Å². The summed E-state index contributed by atoms with van der Waals surface area (Å²) in [5.41, 5.74) is 19.7. The van der Waals surface area contributed by atoms with Crippen LogP contribution in [0.1, 0.15) is 15.9 Å². The van der Waals surface area contributed by atoms with E-state index in [1.54, 1.807) is 30.3 Å². The number of guanidine groups is 2. The molecule has 0 spiro atoms. The number of nitrogens with two attached hydrogens (primary N) is 3. The number of carbonyl (C=O) groups excluding carboxylic acids is 1. The lowest BCUT2D eigenvalue weighted by Gasteiger charge is -2.13. The van der Waals surface area contributed by atoms with Crippen molar-refractivity contribution in [3.8, 4) is 0 Å². The fourth-order valence-electron chi connectivity index (χ4n) is 1.99. The molecule has 0 heterocycles. The molecular formula is C16H16F3N7O. The average Bonchev–Trinajstić information content (AvgIpc) is 2.59. The van der Waals surface area contributed by atoms with Crippen LogP contribution in [0.25, 0.3) is 0 Å². The Morgan fingerprint density at radius 3 is 2.26 bits per heavy atom. The molecule has 0 unspecified atom stereocenters. The fraction of sp³-hybridized carbons (Fsp3) is 0.0625. The minimum atomic E-state index is -4.64. The number of hydrazine groups is 1. The molecule has 0 aliphatic heterocycles. The number of anilines is 1. The number of benzene rings is 2. The number of amides is 1. The summed E-state index contributed by atoms with van der Waals surface area (Å²) >= 11 is 0. The van der Waals surface area contributed by atoms with Gasteiger partial charge >= 0.3 is 6.18 Å². The summed E-state index contributed by atoms with van der Waals surface area (Å²) in [4.78, 5) is 19.6. The van der Waals surface area contributed by atoms with Gasteiger partial charge in [-0.25, -0.2) is 4.99 Å². The topological polar surface area (TPSA) is 144 Å². The number of alkyl halides is 3. The van der Waals surface area contributed by atoms with Crippen LogP contribution >= 0.6 is 0 Å². The van der Waals surface area contributed by atoms with Crippen LogP contribution in [0.3, 0.4) is 0 Å². The molecule has 27 heavy (non-hydrogen) atoms. The van der Waals surface area contributed by atoms with Crippen molar-refractivity contribution in [2.45, 2.75) is 6.18 Å². The molecule has 0 aromatic heterocycles. The summed E-state index contributed by atoms with van der Waals surface area (Å²) in [5, 5.41) is 0. The van der Waals surface area contributed by atoms with Crippen LogP contribution in [0.2, 0.25) is 0 Å². The van der Waals surface area contributed by atoms with Gasteiger partial charge in [0.05, 0.1) is 22.5 Å². The van der Waals surface area contributed by atoms with Gasteiger partial charge < -0.3 is 17.2 Å². The number of hydrogen-bond donors (Lipinski definition) is 5. The van der Waals surface area contributed by atoms with Crippen LogP contribution < -0.4 is 28.1 Å². The summed E-state index contributed by atoms with van der Waals surface area (Å²) in [6.45, 7) is 0. The van der Waals surface area contributed by atoms with Crippen LogP contribution in [-0.2, 0) is 6.18 Å². The normalized spacial score (nSPS) is 11.6. The Labute approximate surface area is 151 Å². The van der Waals surface area contributed by atoms with Crippen molar-refractivity contribution in [3.63, 3.8) is 0 Å². The third-order valence-electron chi connectivity index (χ3n) is 3.14. The van der Waals surface area contributed by atoms with Gasteiger partial charge in [0.15, 0.2) is 5.96 Å². The van der Waals surface area contributed by atoms with E-state index in [2.05, 4.69) is 20.8 Å². The van der Waals surface area contributed by atoms with Gasteiger partial charge in [-0.15, -0.1) is 0 Å². The van der Waals surface area contributed by atoms with Gasteiger partial charge in [0.1, 0.15) is 0 Å². The zero-order chi connectivity index (χ0) is 20.0. The number of hydrogen-bond acceptors (Lipinski definition) is 3. The molecule has 0 aliphatic carbocycles. The fourth-order valence-corrected chi connectivity index (χ4v) is 1.99. The monoisotopic (exact) mass is 379 g/mol. The van der Waals surface area contributed by atoms with Crippen molar-refractivity contribution in [3.05, 3.63) is 59.7 Å². The van der Waals surface area contributed by atoms with E-state index in [9.17, 15) is 18.0 Å². The smallest absolute Gasteiger partial charge is 0.370 e. The van der Waals surface area contributed by atoms with Crippen molar-refractivity contribution in [2.24, 2.45) is 27.2 Å². The summed E-state index contributed by atoms with van der Waals surface area (Å²) in [7, 11) is 0. The van der Waals surface area contributed by atoms with E-state index in [4.69, 9.17) is 17.2 Å². The third kappa shape index (κ3) is 5.63. The van der Waals surface area contributed by atoms with Crippen molar-refractivity contribution in [1.82, 2.24) is 5.43 Å². The Kier molecular flexibility index (Phi) is 5.85. The Hall–Kier alpha value is -3.76. The quantitative estimate of drug-likeness (QED) is 0.312. The lowest BCUT2D eigenvalue weighted by Crippen LogP contribution is -2.30. The Morgan fingerprint density at radius 1 is 1.00 bits per heavy atom. The SMILES string of the molecule is NC(N)=NC(N)=Nc1ccc(C(F)(F)F)cc1C(=O)NNc1ccccc1. The van der Waals surface area contributed by atoms with E-state index in [-0.39, 0.29) is 17.2 Å². The summed E-state index contributed by atoms with van der Waals surface area (Å²) < 4.78 is 39.0. The number of halogens is 3. The number of aliphatic imine (C=N–C) groups is 2. The standard InChI is InChI=1S/C16H16F3N7O/c17-16(18,19)9-6-7-12(23-15(22)24-14(20)21)11(8-9)13(27)26-25-10-4-2-1-3-5-10/h1-8,25H,(H,26,27)(H6,20,21,22,23,24). The molecule has 142 valence electrons. The van der Waals surface area contributed by atoms with Gasteiger partial charge in [-0.3, -0.25) is 15.6 Å². The molecule has 2 aromatic carbocycles. The van der Waals surface area contributed by atoms with Crippen molar-refractivity contribution in [1.29, 1.82) is 0 Å². The molecule has 2 aromatic rings. The van der Waals surface area contributed by atoms with Gasteiger partial charge in [-0.1, -0.05) is 18.2 Å². The second kappa shape index (κ2) is 8.08. The summed E-state index contributed by atoms with van der Waals surface area (Å²) in [6.07, 6.45) is -4.64. The maximum Gasteiger partial charge on any atom is 0.416 e. The molecule has 0 fully saturated rings. The molecule has 8 nitrogen and oxygen atoms in total. The lowest BCUT2D eigenvalue weighted by atomic mass is 10.1. The second-order valence-corrected chi connectivity index (χ2v) is 5.18. The number of rotatable bonds is 4. The van der Waals surface area contributed by atoms with E-state index in [1.165, 1.54) is 0 Å². The van der Waals surface area contributed by atoms with Crippen molar-refractivity contribution < 1.29 is 18.0 Å². The third-order valence-corrected chi connectivity index (χ3v) is 3.14. The average molecular weight is 379 g/mol. The minimum absolute atomic E-state index is 0.141. The largest absolute Gasteiger partial charge is 0.416 e. The molecule has 2 rings (SSSR count). The number of nitrogens with one attached hydrogen (secondary N) is 2. The van der Waals surface area contributed by atoms with Gasteiger partial charge in [-0.2, -0.15) is 18.2 Å². The number of nitrogens with zero attached hydrogens (tertiary/aromatic N) is 2. The van der Waals surface area contributed by atoms with E-state index in [0.717, 1.165) is 12.1 Å². The maximum atomic E-state index is 13.0. The highest BCUT2D eigenvalue weighted by molar-refractivity contribution is 6.01. The minimum Gasteiger partial charge on any atom is -0.370 e. The molecule has 0 saturated heterocycles. The zero-order valence-electron chi connectivity index (χ0n) is 13.8. The Bertz CT molecular complexity index is 875. The first-order chi connectivity index (χ1) is 12.7. The molecule has 0 saturated carbocycles. The zero-order valence-corrected chi connectivity index (χ0v) is 13.8. The highest BCUT2D eigenvalue weighted by Crippen LogP contribution is 2.32. The highest BCUT2D eigenvalue weighted by Gasteiger charge is 2.31. The summed E-state index contributed by atoms with van der Waals surface area (Å²) in [6, 6.07) is 10.9. The van der Waals surface area contributed by atoms with Gasteiger partial charge in [0, 0.05) is 0 Å². The van der Waals surface area contributed by atoms with E-state index >= 15 is 0 Å². The van der Waals surface area contributed by atoms with Crippen LogP contribution in [0.15, 0.2) is 58.5 Å². The molecule has 11 heteroatoms. The Balaban J connectivity index is 2.37. The highest BCUT2D eigenvalue weighted by atomic mass is 19.4. The maximum absolute atomic E-state index is 13.0. The lowest BCUT2D eigenvalue weighted by molar-refractivity contribution is -0.137. The summed E-state index contributed by atoms with van der Waals surface area (Å²) in [5.74, 6) is -1.67. The van der Waals surface area contributed by atoms with Crippen LogP contribution in [0.4, 0.5) is 24.5 Å². The molecular weight excluding hydrogens is 363 g/mol. The Morgan fingerprint density at radius 2 is 1.67 bits per heavy atom. The molecule has 0 aliphatic rings. The van der Waals surface area contributed by atoms with E-state index in [0.29, 0.717) is 11.8 Å². The number of carbonyl (C=O) groups is 1. The van der Waals surface area contributed by atoms with Gasteiger partial charge in [0.25, 0.3) is 5.91 Å². The first-order valence-electron chi connectivity index (χ1n) is 7.43. The first-order valence-corrected chi connectivity index (χ1v) is 7.43. The van der Waals surface area contributed by atoms with Crippen LogP contribution in [0.5, 0.6) is 0 Å². The van der Waals surface area contributed by atoms with Gasteiger partial charge in [-0.05, 0) is 30.3 Å². The predicted octanol–water partition coefficient (Wildman–Crippen LogP) is 1.68. The molecule has 0 atom stereocenters. The molecule has 0 radical (unpaired) electrons. The molecule has 0 bridgehead atoms. The predicted molar refractivity (Wildman–Crippen MR) is 96.1 cm³/mol. The van der Waals surface area contributed by atoms with Crippen molar-refractivity contribution >= 4 is 29.2 Å². The van der Waals surface area contributed by atoms with Gasteiger partial charge in [0.2, 0.25) is 5.96 Å². The second-order valence-electron chi connectivity index (χ2n) is 5.18. The van der Waals surface area contributed by atoms with E-state index in [1.807, 2.05) is 0 Å².